The molecule has 0 radical (unpaired) electrons. The summed E-state index contributed by atoms with van der Waals surface area (Å²) in [6.07, 6.45) is 0. The van der Waals surface area contributed by atoms with Gasteiger partial charge in [-0.2, -0.15) is 0 Å². The van der Waals surface area contributed by atoms with Crippen LogP contribution in [0.2, 0.25) is 0 Å². The number of para-hydroxylation sites is 1. The molecule has 1 aromatic carbocycles. The number of benzene rings is 1. The zero-order valence-corrected chi connectivity index (χ0v) is 9.36. The number of halogens is 1. The Kier molecular flexibility index (Phi) is 2.36. The molecule has 5 heteroatoms. The van der Waals surface area contributed by atoms with Crippen molar-refractivity contribution >= 4 is 23.0 Å². The Hall–Kier alpha value is -1.20. The highest BCUT2D eigenvalue weighted by molar-refractivity contribution is 7.80. The van der Waals surface area contributed by atoms with E-state index in [1.165, 1.54) is 6.07 Å². The van der Waals surface area contributed by atoms with Crippen LogP contribution in [0.1, 0.15) is 13.8 Å². The van der Waals surface area contributed by atoms with Gasteiger partial charge in [0.15, 0.2) is 5.11 Å². The SMILES string of the molecule is CC1(C)NC(=S)N(c2ccccc2F)N1. The second-order valence-electron chi connectivity index (χ2n) is 3.95. The Morgan fingerprint density at radius 3 is 2.53 bits per heavy atom. The van der Waals surface area contributed by atoms with Crippen molar-refractivity contribution < 1.29 is 4.39 Å². The lowest BCUT2D eigenvalue weighted by molar-refractivity contribution is 0.413. The maximum atomic E-state index is 13.5. The maximum Gasteiger partial charge on any atom is 0.189 e. The fraction of sp³-hybridized carbons (Fsp3) is 0.300. The third kappa shape index (κ3) is 1.93. The molecule has 2 rings (SSSR count). The summed E-state index contributed by atoms with van der Waals surface area (Å²) in [5.74, 6) is -0.299. The van der Waals surface area contributed by atoms with Gasteiger partial charge in [-0.25, -0.2) is 14.8 Å². The normalized spacial score (nSPS) is 19.1. The van der Waals surface area contributed by atoms with Gasteiger partial charge in [0.25, 0.3) is 0 Å². The molecule has 0 atom stereocenters. The highest BCUT2D eigenvalue weighted by Crippen LogP contribution is 2.21. The van der Waals surface area contributed by atoms with Crippen LogP contribution in [0.3, 0.4) is 0 Å². The van der Waals surface area contributed by atoms with Gasteiger partial charge in [0.05, 0.1) is 5.69 Å². The predicted molar refractivity (Wildman–Crippen MR) is 61.8 cm³/mol. The van der Waals surface area contributed by atoms with Crippen LogP contribution >= 0.6 is 12.2 Å². The van der Waals surface area contributed by atoms with Crippen LogP contribution in [0.25, 0.3) is 0 Å². The fourth-order valence-corrected chi connectivity index (χ4v) is 1.88. The standard InChI is InChI=1S/C10H12FN3S/c1-10(2)12-9(15)14(13-10)8-6-4-3-5-7(8)11/h3-6,13H,1-2H3,(H,12,15). The number of hydrazine groups is 1. The van der Waals surface area contributed by atoms with Crippen LogP contribution < -0.4 is 15.8 Å². The monoisotopic (exact) mass is 225 g/mol. The number of hydrogen-bond acceptors (Lipinski definition) is 2. The minimum absolute atomic E-state index is 0.299. The predicted octanol–water partition coefficient (Wildman–Crippen LogP) is 1.76. The number of nitrogens with one attached hydrogen (secondary N) is 2. The van der Waals surface area contributed by atoms with Crippen molar-refractivity contribution in [3.05, 3.63) is 30.1 Å². The highest BCUT2D eigenvalue weighted by atomic mass is 32.1. The van der Waals surface area contributed by atoms with E-state index in [-0.39, 0.29) is 11.5 Å². The average Bonchev–Trinajstić information content (AvgIpc) is 2.40. The Morgan fingerprint density at radius 1 is 1.33 bits per heavy atom. The molecule has 0 unspecified atom stereocenters. The smallest absolute Gasteiger partial charge is 0.189 e. The van der Waals surface area contributed by atoms with Gasteiger partial charge >= 0.3 is 0 Å². The van der Waals surface area contributed by atoms with Crippen molar-refractivity contribution in [2.75, 3.05) is 5.01 Å². The highest BCUT2D eigenvalue weighted by Gasteiger charge is 2.33. The van der Waals surface area contributed by atoms with Crippen molar-refractivity contribution in [3.8, 4) is 0 Å². The zero-order valence-electron chi connectivity index (χ0n) is 8.54. The van der Waals surface area contributed by atoms with E-state index < -0.39 is 0 Å². The quantitative estimate of drug-likeness (QED) is 0.712. The van der Waals surface area contributed by atoms with E-state index in [1.54, 1.807) is 23.2 Å². The van der Waals surface area contributed by atoms with Crippen molar-refractivity contribution in [1.29, 1.82) is 0 Å². The van der Waals surface area contributed by atoms with Crippen molar-refractivity contribution in [2.45, 2.75) is 19.5 Å². The van der Waals surface area contributed by atoms with Gasteiger partial charge < -0.3 is 5.32 Å². The molecule has 80 valence electrons. The fourth-order valence-electron chi connectivity index (χ4n) is 1.48. The molecule has 1 aliphatic heterocycles. The number of anilines is 1. The third-order valence-corrected chi connectivity index (χ3v) is 2.39. The first-order valence-corrected chi connectivity index (χ1v) is 5.05. The first-order chi connectivity index (χ1) is 6.99. The van der Waals surface area contributed by atoms with Gasteiger partial charge in [-0.05, 0) is 38.2 Å². The first-order valence-electron chi connectivity index (χ1n) is 4.64. The molecule has 1 fully saturated rings. The number of thiocarbonyl (C=S) groups is 1. The second-order valence-corrected chi connectivity index (χ2v) is 4.34. The van der Waals surface area contributed by atoms with Gasteiger partial charge in [-0.1, -0.05) is 12.1 Å². The molecule has 1 aliphatic rings. The summed E-state index contributed by atoms with van der Waals surface area (Å²) in [4.78, 5) is 0. The second kappa shape index (κ2) is 3.43. The third-order valence-electron chi connectivity index (χ3n) is 2.11. The van der Waals surface area contributed by atoms with Gasteiger partial charge in [0, 0.05) is 0 Å². The minimum atomic E-state index is -0.348. The van der Waals surface area contributed by atoms with Crippen LogP contribution in [0, 0.1) is 5.82 Å². The Morgan fingerprint density at radius 2 is 2.00 bits per heavy atom. The summed E-state index contributed by atoms with van der Waals surface area (Å²) in [5.41, 5.74) is 3.16. The molecule has 0 spiro atoms. The van der Waals surface area contributed by atoms with Gasteiger partial charge in [0.2, 0.25) is 0 Å². The number of hydrogen-bond donors (Lipinski definition) is 2. The summed E-state index contributed by atoms with van der Waals surface area (Å²) in [6.45, 7) is 3.86. The molecule has 1 aromatic rings. The van der Waals surface area contributed by atoms with E-state index in [1.807, 2.05) is 13.8 Å². The Labute approximate surface area is 93.2 Å². The number of nitrogens with zero attached hydrogens (tertiary/aromatic N) is 1. The van der Waals surface area contributed by atoms with Crippen LogP contribution in [0.5, 0.6) is 0 Å². The van der Waals surface area contributed by atoms with Crippen molar-refractivity contribution in [2.24, 2.45) is 0 Å². The summed E-state index contributed by atoms with van der Waals surface area (Å²) in [7, 11) is 0. The minimum Gasteiger partial charge on any atom is -0.342 e. The van der Waals surface area contributed by atoms with Crippen LogP contribution in [-0.2, 0) is 0 Å². The summed E-state index contributed by atoms with van der Waals surface area (Å²) >= 11 is 5.12. The molecule has 15 heavy (non-hydrogen) atoms. The zero-order chi connectivity index (χ0) is 11.1. The lowest BCUT2D eigenvalue weighted by Crippen LogP contribution is -2.45. The molecule has 2 N–H and O–H groups in total. The van der Waals surface area contributed by atoms with Crippen molar-refractivity contribution in [3.63, 3.8) is 0 Å². The van der Waals surface area contributed by atoms with E-state index in [4.69, 9.17) is 12.2 Å². The molecular formula is C10H12FN3S. The molecule has 0 aromatic heterocycles. The van der Waals surface area contributed by atoms with Crippen LogP contribution in [0.4, 0.5) is 10.1 Å². The molecule has 0 aliphatic carbocycles. The van der Waals surface area contributed by atoms with E-state index in [2.05, 4.69) is 10.7 Å². The molecule has 3 nitrogen and oxygen atoms in total. The average molecular weight is 225 g/mol. The lowest BCUT2D eigenvalue weighted by Gasteiger charge is -2.21. The van der Waals surface area contributed by atoms with E-state index in [9.17, 15) is 4.39 Å². The maximum absolute atomic E-state index is 13.5. The van der Waals surface area contributed by atoms with Gasteiger partial charge in [-0.15, -0.1) is 0 Å². The Bertz CT molecular complexity index is 405. The summed E-state index contributed by atoms with van der Waals surface area (Å²) in [6, 6.07) is 6.51. The molecular weight excluding hydrogens is 213 g/mol. The first kappa shape index (κ1) is 10.3. The lowest BCUT2D eigenvalue weighted by atomic mass is 10.3. The van der Waals surface area contributed by atoms with Crippen molar-refractivity contribution in [1.82, 2.24) is 10.7 Å². The molecule has 1 heterocycles. The molecule has 0 bridgehead atoms. The Balaban J connectivity index is 2.34. The van der Waals surface area contributed by atoms with E-state index in [0.717, 1.165) is 0 Å². The van der Waals surface area contributed by atoms with Gasteiger partial charge in [0.1, 0.15) is 11.5 Å². The molecule has 0 amide bonds. The topological polar surface area (TPSA) is 27.3 Å². The summed E-state index contributed by atoms with van der Waals surface area (Å²) in [5, 5.41) is 5.07. The van der Waals surface area contributed by atoms with Crippen LogP contribution in [-0.4, -0.2) is 10.8 Å². The summed E-state index contributed by atoms with van der Waals surface area (Å²) < 4.78 is 13.5. The van der Waals surface area contributed by atoms with Crippen LogP contribution in [0.15, 0.2) is 24.3 Å². The molecule has 0 saturated carbocycles. The largest absolute Gasteiger partial charge is 0.342 e. The van der Waals surface area contributed by atoms with E-state index >= 15 is 0 Å². The van der Waals surface area contributed by atoms with E-state index in [0.29, 0.717) is 10.8 Å². The number of rotatable bonds is 1. The van der Waals surface area contributed by atoms with Gasteiger partial charge in [-0.3, -0.25) is 0 Å². The molecule has 1 saturated heterocycles.